The van der Waals surface area contributed by atoms with Crippen molar-refractivity contribution in [2.75, 3.05) is 10.6 Å². The van der Waals surface area contributed by atoms with E-state index in [4.69, 9.17) is 11.6 Å². The first kappa shape index (κ1) is 18.5. The summed E-state index contributed by atoms with van der Waals surface area (Å²) in [6, 6.07) is 7.24. The quantitative estimate of drug-likeness (QED) is 0.619. The van der Waals surface area contributed by atoms with E-state index in [0.717, 1.165) is 5.56 Å². The fraction of sp³-hybridized carbons (Fsp3) is 0.176. The third-order valence-corrected chi connectivity index (χ3v) is 5.17. The highest BCUT2D eigenvalue weighted by molar-refractivity contribution is 7.14. The molecule has 6 nitrogen and oxygen atoms in total. The predicted octanol–water partition coefficient (Wildman–Crippen LogP) is 4.08. The number of amides is 2. The lowest BCUT2D eigenvalue weighted by Crippen LogP contribution is -2.29. The number of carbonyl (C=O) groups is 2. The average molecular weight is 407 g/mol. The molecule has 134 valence electrons. The van der Waals surface area contributed by atoms with Crippen LogP contribution in [0.1, 0.15) is 12.0 Å². The van der Waals surface area contributed by atoms with Gasteiger partial charge in [-0.15, -0.1) is 22.7 Å². The molecule has 0 saturated heterocycles. The second kappa shape index (κ2) is 8.88. The number of thiazole rings is 2. The highest BCUT2D eigenvalue weighted by Crippen LogP contribution is 2.20. The molecule has 2 aromatic heterocycles. The molecule has 0 aliphatic carbocycles. The molecule has 9 heteroatoms. The van der Waals surface area contributed by atoms with Gasteiger partial charge in [0.1, 0.15) is 0 Å². The lowest BCUT2D eigenvalue weighted by atomic mass is 9.95. The molecule has 3 rings (SSSR count). The van der Waals surface area contributed by atoms with Gasteiger partial charge in [-0.05, 0) is 24.1 Å². The zero-order valence-electron chi connectivity index (χ0n) is 13.5. The summed E-state index contributed by atoms with van der Waals surface area (Å²) in [6.07, 6.45) is 3.68. The summed E-state index contributed by atoms with van der Waals surface area (Å²) in [5, 5.41) is 10.7. The van der Waals surface area contributed by atoms with Crippen molar-refractivity contribution in [2.45, 2.75) is 12.8 Å². The van der Waals surface area contributed by atoms with Gasteiger partial charge in [-0.25, -0.2) is 9.97 Å². The van der Waals surface area contributed by atoms with E-state index in [9.17, 15) is 9.59 Å². The Morgan fingerprint density at radius 3 is 2.19 bits per heavy atom. The molecule has 26 heavy (non-hydrogen) atoms. The number of anilines is 2. The van der Waals surface area contributed by atoms with Crippen LogP contribution in [0.5, 0.6) is 0 Å². The second-order valence-electron chi connectivity index (χ2n) is 5.44. The minimum absolute atomic E-state index is 0.0411. The van der Waals surface area contributed by atoms with Crippen molar-refractivity contribution in [2.24, 2.45) is 5.92 Å². The number of hydrogen-bond acceptors (Lipinski definition) is 6. The molecule has 0 aliphatic rings. The molecule has 0 saturated carbocycles. The molecular weight excluding hydrogens is 392 g/mol. The number of aromatic nitrogens is 2. The second-order valence-corrected chi connectivity index (χ2v) is 7.67. The first-order valence-corrected chi connectivity index (χ1v) is 9.88. The molecular formula is C17H15ClN4O2S2. The third-order valence-electron chi connectivity index (χ3n) is 3.54. The van der Waals surface area contributed by atoms with Crippen LogP contribution in [0.3, 0.4) is 0 Å². The Bertz CT molecular complexity index is 852. The van der Waals surface area contributed by atoms with E-state index < -0.39 is 5.92 Å². The first-order valence-electron chi connectivity index (χ1n) is 7.74. The molecule has 1 aromatic carbocycles. The van der Waals surface area contributed by atoms with Crippen LogP contribution in [0.2, 0.25) is 5.02 Å². The Morgan fingerprint density at radius 2 is 1.62 bits per heavy atom. The molecule has 1 atom stereocenters. The molecule has 0 bridgehead atoms. The molecule has 2 heterocycles. The monoisotopic (exact) mass is 406 g/mol. The van der Waals surface area contributed by atoms with E-state index in [-0.39, 0.29) is 18.2 Å². The topological polar surface area (TPSA) is 84.0 Å². The molecule has 3 aromatic rings. The van der Waals surface area contributed by atoms with Crippen molar-refractivity contribution in [3.63, 3.8) is 0 Å². The lowest BCUT2D eigenvalue weighted by molar-refractivity contribution is -0.124. The summed E-state index contributed by atoms with van der Waals surface area (Å²) in [5.74, 6) is -1.04. The van der Waals surface area contributed by atoms with Crippen molar-refractivity contribution in [3.8, 4) is 0 Å². The number of carbonyl (C=O) groups excluding carboxylic acids is 2. The van der Waals surface area contributed by atoms with Crippen LogP contribution in [0.25, 0.3) is 0 Å². The highest BCUT2D eigenvalue weighted by atomic mass is 35.5. The maximum absolute atomic E-state index is 12.7. The summed E-state index contributed by atoms with van der Waals surface area (Å²) in [4.78, 5) is 33.1. The Morgan fingerprint density at radius 1 is 1.00 bits per heavy atom. The molecule has 0 fully saturated rings. The van der Waals surface area contributed by atoms with E-state index >= 15 is 0 Å². The van der Waals surface area contributed by atoms with Gasteiger partial charge in [0.05, 0.1) is 5.92 Å². The van der Waals surface area contributed by atoms with E-state index in [2.05, 4.69) is 20.6 Å². The summed E-state index contributed by atoms with van der Waals surface area (Å²) in [5.41, 5.74) is 0.927. The SMILES string of the molecule is O=C(CC(Cc1ccc(Cl)cc1)C(=O)Nc1nccs1)Nc1nccs1. The minimum Gasteiger partial charge on any atom is -0.302 e. The largest absolute Gasteiger partial charge is 0.302 e. The Hall–Kier alpha value is -2.29. The maximum atomic E-state index is 12.7. The van der Waals surface area contributed by atoms with Gasteiger partial charge in [-0.1, -0.05) is 23.7 Å². The van der Waals surface area contributed by atoms with Crippen LogP contribution < -0.4 is 10.6 Å². The average Bonchev–Trinajstić information content (AvgIpc) is 3.30. The number of rotatable bonds is 7. The zero-order chi connectivity index (χ0) is 18.4. The molecule has 2 N–H and O–H groups in total. The number of hydrogen-bond donors (Lipinski definition) is 2. The van der Waals surface area contributed by atoms with Crippen LogP contribution >= 0.6 is 34.3 Å². The first-order chi connectivity index (χ1) is 12.6. The van der Waals surface area contributed by atoms with E-state index in [1.54, 1.807) is 35.3 Å². The van der Waals surface area contributed by atoms with Gasteiger partial charge in [0.2, 0.25) is 11.8 Å². The standard InChI is InChI=1S/C17H15ClN4O2S2/c18-13-3-1-11(2-4-13)9-12(15(24)22-17-20-6-8-26-17)10-14(23)21-16-19-5-7-25-16/h1-8,12H,9-10H2,(H,19,21,23)(H,20,22,24). The Balaban J connectivity index is 1.70. The third kappa shape index (κ3) is 5.35. The van der Waals surface area contributed by atoms with Crippen molar-refractivity contribution in [1.82, 2.24) is 9.97 Å². The van der Waals surface area contributed by atoms with Crippen molar-refractivity contribution in [3.05, 3.63) is 58.0 Å². The van der Waals surface area contributed by atoms with Crippen LogP contribution in [0.15, 0.2) is 47.4 Å². The van der Waals surface area contributed by atoms with Crippen LogP contribution in [0.4, 0.5) is 10.3 Å². The summed E-state index contributed by atoms with van der Waals surface area (Å²) in [6.45, 7) is 0. The van der Waals surface area contributed by atoms with E-state index in [0.29, 0.717) is 21.7 Å². The number of nitrogens with one attached hydrogen (secondary N) is 2. The molecule has 0 aliphatic heterocycles. The Kier molecular flexibility index (Phi) is 6.32. The maximum Gasteiger partial charge on any atom is 0.230 e. The van der Waals surface area contributed by atoms with Crippen LogP contribution in [0, 0.1) is 5.92 Å². The van der Waals surface area contributed by atoms with Gasteiger partial charge in [-0.2, -0.15) is 0 Å². The van der Waals surface area contributed by atoms with Crippen LogP contribution in [-0.2, 0) is 16.0 Å². The van der Waals surface area contributed by atoms with Crippen molar-refractivity contribution >= 4 is 56.4 Å². The molecule has 0 spiro atoms. The lowest BCUT2D eigenvalue weighted by Gasteiger charge is -2.15. The van der Waals surface area contributed by atoms with Gasteiger partial charge in [0.15, 0.2) is 10.3 Å². The van der Waals surface area contributed by atoms with Gasteiger partial charge >= 0.3 is 0 Å². The Labute approximate surface area is 163 Å². The van der Waals surface area contributed by atoms with Crippen LogP contribution in [-0.4, -0.2) is 21.8 Å². The highest BCUT2D eigenvalue weighted by Gasteiger charge is 2.23. The van der Waals surface area contributed by atoms with Gasteiger partial charge in [0.25, 0.3) is 0 Å². The van der Waals surface area contributed by atoms with E-state index in [1.807, 2.05) is 12.1 Å². The normalized spacial score (nSPS) is 11.7. The van der Waals surface area contributed by atoms with E-state index in [1.165, 1.54) is 22.7 Å². The number of benzene rings is 1. The van der Waals surface area contributed by atoms with Gasteiger partial charge in [0, 0.05) is 34.6 Å². The zero-order valence-corrected chi connectivity index (χ0v) is 15.9. The fourth-order valence-electron chi connectivity index (χ4n) is 2.33. The molecule has 2 amide bonds. The number of halogens is 1. The molecule has 0 radical (unpaired) electrons. The summed E-state index contributed by atoms with van der Waals surface area (Å²) in [7, 11) is 0. The van der Waals surface area contributed by atoms with Crippen molar-refractivity contribution < 1.29 is 9.59 Å². The van der Waals surface area contributed by atoms with Crippen molar-refractivity contribution in [1.29, 1.82) is 0 Å². The summed E-state index contributed by atoms with van der Waals surface area (Å²) < 4.78 is 0. The van der Waals surface area contributed by atoms with Gasteiger partial charge < -0.3 is 10.6 Å². The molecule has 1 unspecified atom stereocenters. The fourth-order valence-corrected chi connectivity index (χ4v) is 3.54. The smallest absolute Gasteiger partial charge is 0.230 e. The minimum atomic E-state index is -0.542. The van der Waals surface area contributed by atoms with Gasteiger partial charge in [-0.3, -0.25) is 9.59 Å². The summed E-state index contributed by atoms with van der Waals surface area (Å²) >= 11 is 8.57. The number of nitrogens with zero attached hydrogens (tertiary/aromatic N) is 2. The predicted molar refractivity (Wildman–Crippen MR) is 105 cm³/mol.